The van der Waals surface area contributed by atoms with E-state index < -0.39 is 17.4 Å². The Hall–Kier alpha value is -2.88. The van der Waals surface area contributed by atoms with Crippen LogP contribution in [0.15, 0.2) is 60.7 Å². The molecule has 0 radical (unpaired) electrons. The summed E-state index contributed by atoms with van der Waals surface area (Å²) in [5.74, 6) is -1.73. The fraction of sp³-hybridized carbons (Fsp3) is 0.273. The number of ether oxygens (including phenoxy) is 2. The molecule has 2 aromatic rings. The highest BCUT2D eigenvalue weighted by Crippen LogP contribution is 2.67. The summed E-state index contributed by atoms with van der Waals surface area (Å²) in [6, 6.07) is 17.6. The molecule has 0 aromatic heterocycles. The van der Waals surface area contributed by atoms with E-state index in [0.717, 1.165) is 16.7 Å². The average Bonchev–Trinajstić information content (AvgIpc) is 3.36. The first-order valence-corrected chi connectivity index (χ1v) is 8.52. The zero-order valence-corrected chi connectivity index (χ0v) is 15.1. The minimum absolute atomic E-state index is 0.303. The lowest BCUT2D eigenvalue weighted by Gasteiger charge is -2.13. The van der Waals surface area contributed by atoms with Crippen molar-refractivity contribution in [1.29, 1.82) is 0 Å². The molecule has 1 aliphatic carbocycles. The molecule has 1 aliphatic rings. The summed E-state index contributed by atoms with van der Waals surface area (Å²) in [5.41, 5.74) is 1.72. The van der Waals surface area contributed by atoms with Crippen LogP contribution < -0.4 is 0 Å². The molecule has 0 bridgehead atoms. The van der Waals surface area contributed by atoms with Gasteiger partial charge in [-0.3, -0.25) is 9.59 Å². The van der Waals surface area contributed by atoms with E-state index in [-0.39, 0.29) is 11.8 Å². The third kappa shape index (κ3) is 2.92. The van der Waals surface area contributed by atoms with Crippen LogP contribution in [-0.4, -0.2) is 26.2 Å². The van der Waals surface area contributed by atoms with Crippen molar-refractivity contribution in [2.75, 3.05) is 14.2 Å². The second-order valence-electron chi connectivity index (χ2n) is 6.54. The van der Waals surface area contributed by atoms with Crippen LogP contribution >= 0.6 is 0 Å². The Morgan fingerprint density at radius 2 is 1.50 bits per heavy atom. The Balaban J connectivity index is 2.02. The first-order chi connectivity index (χ1) is 12.6. The molecule has 4 nitrogen and oxygen atoms in total. The molecule has 2 atom stereocenters. The lowest BCUT2D eigenvalue weighted by molar-refractivity contribution is -0.162. The number of aryl methyl sites for hydroxylation is 1. The highest BCUT2D eigenvalue weighted by molar-refractivity contribution is 6.06. The van der Waals surface area contributed by atoms with Gasteiger partial charge in [-0.15, -0.1) is 0 Å². The Morgan fingerprint density at radius 3 is 2.04 bits per heavy atom. The summed E-state index contributed by atoms with van der Waals surface area (Å²) >= 11 is 0. The second-order valence-corrected chi connectivity index (χ2v) is 6.54. The molecule has 0 aliphatic heterocycles. The maximum absolute atomic E-state index is 12.6. The van der Waals surface area contributed by atoms with E-state index in [4.69, 9.17) is 9.47 Å². The SMILES string of the molecule is COC(=O)C1(C(=O)OC)[C@H](/C=C/c2ccccc2)[C@H]1c1ccc(C)cc1. The first-order valence-electron chi connectivity index (χ1n) is 8.52. The number of allylic oxidation sites excluding steroid dienone is 1. The number of carbonyl (C=O) groups is 2. The normalized spacial score (nSPS) is 20.6. The van der Waals surface area contributed by atoms with Crippen molar-refractivity contribution in [3.8, 4) is 0 Å². The molecule has 0 N–H and O–H groups in total. The predicted molar refractivity (Wildman–Crippen MR) is 99.4 cm³/mol. The van der Waals surface area contributed by atoms with Crippen LogP contribution in [0.2, 0.25) is 0 Å². The van der Waals surface area contributed by atoms with Crippen LogP contribution in [-0.2, 0) is 19.1 Å². The molecule has 0 spiro atoms. The predicted octanol–water partition coefficient (Wildman–Crippen LogP) is 3.75. The molecule has 0 unspecified atom stereocenters. The van der Waals surface area contributed by atoms with Crippen LogP contribution in [0.1, 0.15) is 22.6 Å². The van der Waals surface area contributed by atoms with E-state index in [1.54, 1.807) is 0 Å². The monoisotopic (exact) mass is 350 g/mol. The summed E-state index contributed by atoms with van der Waals surface area (Å²) in [6.07, 6.45) is 3.84. The third-order valence-electron chi connectivity index (χ3n) is 5.04. The Labute approximate surface area is 153 Å². The van der Waals surface area contributed by atoms with Crippen molar-refractivity contribution in [3.05, 3.63) is 77.4 Å². The van der Waals surface area contributed by atoms with Crippen LogP contribution in [0, 0.1) is 18.3 Å². The van der Waals surface area contributed by atoms with Gasteiger partial charge in [0, 0.05) is 11.8 Å². The van der Waals surface area contributed by atoms with Crippen molar-refractivity contribution in [2.45, 2.75) is 12.8 Å². The molecule has 2 aromatic carbocycles. The Bertz CT molecular complexity index is 805. The van der Waals surface area contributed by atoms with Crippen molar-refractivity contribution in [3.63, 3.8) is 0 Å². The van der Waals surface area contributed by atoms with Gasteiger partial charge in [0.1, 0.15) is 0 Å². The molecular weight excluding hydrogens is 328 g/mol. The van der Waals surface area contributed by atoms with Gasteiger partial charge in [-0.25, -0.2) is 0 Å². The molecule has 134 valence electrons. The van der Waals surface area contributed by atoms with Gasteiger partial charge >= 0.3 is 11.9 Å². The lowest BCUT2D eigenvalue weighted by atomic mass is 9.98. The highest BCUT2D eigenvalue weighted by Gasteiger charge is 2.75. The summed E-state index contributed by atoms with van der Waals surface area (Å²) in [4.78, 5) is 25.2. The number of carbonyl (C=O) groups excluding carboxylic acids is 2. The van der Waals surface area contributed by atoms with Crippen molar-refractivity contribution < 1.29 is 19.1 Å². The van der Waals surface area contributed by atoms with Gasteiger partial charge in [0.05, 0.1) is 14.2 Å². The second kappa shape index (κ2) is 7.16. The zero-order valence-electron chi connectivity index (χ0n) is 15.1. The first kappa shape index (κ1) is 17.9. The fourth-order valence-electron chi connectivity index (χ4n) is 3.65. The van der Waals surface area contributed by atoms with Gasteiger partial charge in [-0.2, -0.15) is 0 Å². The average molecular weight is 350 g/mol. The number of benzene rings is 2. The number of hydrogen-bond acceptors (Lipinski definition) is 4. The topological polar surface area (TPSA) is 52.6 Å². The largest absolute Gasteiger partial charge is 0.468 e. The van der Waals surface area contributed by atoms with Crippen LogP contribution in [0.4, 0.5) is 0 Å². The van der Waals surface area contributed by atoms with Gasteiger partial charge in [-0.1, -0.05) is 72.3 Å². The summed E-state index contributed by atoms with van der Waals surface area (Å²) in [7, 11) is 2.60. The van der Waals surface area contributed by atoms with Crippen molar-refractivity contribution >= 4 is 18.0 Å². The van der Waals surface area contributed by atoms with E-state index in [2.05, 4.69) is 0 Å². The highest BCUT2D eigenvalue weighted by atomic mass is 16.5. The minimum atomic E-state index is -1.33. The third-order valence-corrected chi connectivity index (χ3v) is 5.04. The zero-order chi connectivity index (χ0) is 18.7. The van der Waals surface area contributed by atoms with E-state index in [1.165, 1.54) is 14.2 Å². The van der Waals surface area contributed by atoms with Crippen LogP contribution in [0.25, 0.3) is 6.08 Å². The number of hydrogen-bond donors (Lipinski definition) is 0. The molecule has 0 heterocycles. The standard InChI is InChI=1S/C22H22O4/c1-15-9-12-17(13-10-15)19-18(14-11-16-7-5-4-6-8-16)22(19,20(23)25-2)21(24)26-3/h4-14,18-19H,1-3H3/b14-11+/t18-,19-/m1/s1. The molecule has 26 heavy (non-hydrogen) atoms. The van der Waals surface area contributed by atoms with Crippen molar-refractivity contribution in [2.24, 2.45) is 11.3 Å². The molecule has 3 rings (SSSR count). The van der Waals surface area contributed by atoms with Gasteiger partial charge < -0.3 is 9.47 Å². The molecule has 4 heteroatoms. The quantitative estimate of drug-likeness (QED) is 0.609. The number of rotatable bonds is 5. The van der Waals surface area contributed by atoms with Crippen LogP contribution in [0.3, 0.4) is 0 Å². The lowest BCUT2D eigenvalue weighted by Crippen LogP contribution is -2.31. The molecular formula is C22H22O4. The number of esters is 2. The van der Waals surface area contributed by atoms with E-state index >= 15 is 0 Å². The van der Waals surface area contributed by atoms with Crippen molar-refractivity contribution in [1.82, 2.24) is 0 Å². The maximum atomic E-state index is 12.6. The van der Waals surface area contributed by atoms with Gasteiger partial charge in [0.25, 0.3) is 0 Å². The van der Waals surface area contributed by atoms with Gasteiger partial charge in [0.2, 0.25) is 0 Å². The molecule has 1 saturated carbocycles. The number of methoxy groups -OCH3 is 2. The smallest absolute Gasteiger partial charge is 0.324 e. The molecule has 0 amide bonds. The fourth-order valence-corrected chi connectivity index (χ4v) is 3.65. The molecule has 0 saturated heterocycles. The Morgan fingerprint density at radius 1 is 0.923 bits per heavy atom. The summed E-state index contributed by atoms with van der Waals surface area (Å²) < 4.78 is 9.97. The van der Waals surface area contributed by atoms with Gasteiger partial charge in [0.15, 0.2) is 5.41 Å². The Kier molecular flexibility index (Phi) is 4.94. The van der Waals surface area contributed by atoms with Gasteiger partial charge in [-0.05, 0) is 18.1 Å². The summed E-state index contributed by atoms with van der Waals surface area (Å²) in [6.45, 7) is 2.00. The van der Waals surface area contributed by atoms with E-state index in [0.29, 0.717) is 0 Å². The van der Waals surface area contributed by atoms with E-state index in [1.807, 2.05) is 73.7 Å². The minimum Gasteiger partial charge on any atom is -0.468 e. The maximum Gasteiger partial charge on any atom is 0.324 e. The van der Waals surface area contributed by atoms with Crippen LogP contribution in [0.5, 0.6) is 0 Å². The van der Waals surface area contributed by atoms with E-state index in [9.17, 15) is 9.59 Å². The molecule has 1 fully saturated rings. The summed E-state index contributed by atoms with van der Waals surface area (Å²) in [5, 5.41) is 0.